The molecule has 0 atom stereocenters. The van der Waals surface area contributed by atoms with Crippen molar-refractivity contribution < 1.29 is 8.42 Å². The van der Waals surface area contributed by atoms with Gasteiger partial charge in [0.25, 0.3) is 0 Å². The normalized spacial score (nSPS) is 11.6. The fourth-order valence-corrected chi connectivity index (χ4v) is 4.01. The fourth-order valence-electron chi connectivity index (χ4n) is 1.53. The molecule has 1 heterocycles. The highest BCUT2D eigenvalue weighted by atomic mass is 32.2. The number of thioether (sulfide) groups is 1. The van der Waals surface area contributed by atoms with Gasteiger partial charge in [-0.3, -0.25) is 0 Å². The van der Waals surface area contributed by atoms with Gasteiger partial charge in [0, 0.05) is 24.7 Å². The molecule has 0 aliphatic heterocycles. The van der Waals surface area contributed by atoms with Crippen molar-refractivity contribution in [3.05, 3.63) is 42.2 Å². The number of nitrogens with one attached hydrogen (secondary N) is 1. The SMILES string of the molecule is NCc1ccc(S(=O)(=O)CCSc2ncc[nH]2)cc1. The second-order valence-corrected chi connectivity index (χ2v) is 7.10. The van der Waals surface area contributed by atoms with Crippen LogP contribution in [0, 0.1) is 0 Å². The first-order valence-corrected chi connectivity index (χ1v) is 8.39. The van der Waals surface area contributed by atoms with Crippen LogP contribution in [0.5, 0.6) is 0 Å². The minimum atomic E-state index is -3.24. The molecule has 0 spiro atoms. The number of H-pyrrole nitrogens is 1. The monoisotopic (exact) mass is 297 g/mol. The Morgan fingerprint density at radius 1 is 1.26 bits per heavy atom. The molecule has 1 aromatic carbocycles. The van der Waals surface area contributed by atoms with Gasteiger partial charge in [-0.2, -0.15) is 0 Å². The van der Waals surface area contributed by atoms with Crippen molar-refractivity contribution in [2.24, 2.45) is 5.73 Å². The van der Waals surface area contributed by atoms with Crippen molar-refractivity contribution >= 4 is 21.6 Å². The minimum absolute atomic E-state index is 0.0837. The van der Waals surface area contributed by atoms with E-state index in [4.69, 9.17) is 5.73 Å². The lowest BCUT2D eigenvalue weighted by Crippen LogP contribution is -2.09. The standard InChI is InChI=1S/C12H15N3O2S2/c13-9-10-1-3-11(4-2-10)19(16,17)8-7-18-12-14-5-6-15-12/h1-6H,7-9,13H2,(H,14,15). The number of hydrogen-bond acceptors (Lipinski definition) is 5. The Hall–Kier alpha value is -1.31. The largest absolute Gasteiger partial charge is 0.340 e. The quantitative estimate of drug-likeness (QED) is 0.787. The highest BCUT2D eigenvalue weighted by Gasteiger charge is 2.14. The molecule has 3 N–H and O–H groups in total. The first kappa shape index (κ1) is 14.1. The lowest BCUT2D eigenvalue weighted by molar-refractivity contribution is 0.597. The van der Waals surface area contributed by atoms with E-state index in [-0.39, 0.29) is 5.75 Å². The number of benzene rings is 1. The molecule has 19 heavy (non-hydrogen) atoms. The van der Waals surface area contributed by atoms with E-state index in [0.29, 0.717) is 17.2 Å². The number of nitrogens with zero attached hydrogens (tertiary/aromatic N) is 1. The lowest BCUT2D eigenvalue weighted by atomic mass is 10.2. The number of aromatic nitrogens is 2. The number of nitrogens with two attached hydrogens (primary N) is 1. The van der Waals surface area contributed by atoms with Crippen LogP contribution in [0.2, 0.25) is 0 Å². The highest BCUT2D eigenvalue weighted by molar-refractivity contribution is 8.00. The number of rotatable bonds is 6. The molecular weight excluding hydrogens is 282 g/mol. The smallest absolute Gasteiger partial charge is 0.179 e. The first-order valence-electron chi connectivity index (χ1n) is 5.76. The summed E-state index contributed by atoms with van der Waals surface area (Å²) in [6, 6.07) is 6.70. The molecule has 2 rings (SSSR count). The average molecular weight is 297 g/mol. The third-order valence-corrected chi connectivity index (χ3v) is 5.48. The highest BCUT2D eigenvalue weighted by Crippen LogP contribution is 2.17. The molecular formula is C12H15N3O2S2. The lowest BCUT2D eigenvalue weighted by Gasteiger charge is -2.04. The summed E-state index contributed by atoms with van der Waals surface area (Å²) in [5, 5.41) is 0.730. The zero-order chi connectivity index (χ0) is 13.7. The first-order chi connectivity index (χ1) is 9.12. The van der Waals surface area contributed by atoms with Crippen molar-refractivity contribution in [1.29, 1.82) is 0 Å². The van der Waals surface area contributed by atoms with E-state index in [0.717, 1.165) is 10.7 Å². The molecule has 0 fully saturated rings. The van der Waals surface area contributed by atoms with Crippen molar-refractivity contribution in [2.45, 2.75) is 16.6 Å². The maximum atomic E-state index is 12.1. The van der Waals surface area contributed by atoms with Crippen LogP contribution in [-0.2, 0) is 16.4 Å². The van der Waals surface area contributed by atoms with Gasteiger partial charge in [-0.1, -0.05) is 23.9 Å². The predicted molar refractivity (Wildman–Crippen MR) is 75.7 cm³/mol. The van der Waals surface area contributed by atoms with E-state index in [1.807, 2.05) is 0 Å². The van der Waals surface area contributed by atoms with E-state index < -0.39 is 9.84 Å². The van der Waals surface area contributed by atoms with E-state index in [1.165, 1.54) is 11.8 Å². The van der Waals surface area contributed by atoms with Crippen LogP contribution in [0.3, 0.4) is 0 Å². The fraction of sp³-hybridized carbons (Fsp3) is 0.250. The summed E-state index contributed by atoms with van der Waals surface area (Å²) in [7, 11) is -3.24. The third-order valence-electron chi connectivity index (χ3n) is 2.58. The van der Waals surface area contributed by atoms with Gasteiger partial charge >= 0.3 is 0 Å². The maximum absolute atomic E-state index is 12.1. The van der Waals surface area contributed by atoms with E-state index in [1.54, 1.807) is 36.7 Å². The molecule has 0 aliphatic carbocycles. The zero-order valence-electron chi connectivity index (χ0n) is 10.2. The molecule has 0 aliphatic rings. The van der Waals surface area contributed by atoms with Crippen LogP contribution >= 0.6 is 11.8 Å². The summed E-state index contributed by atoms with van der Waals surface area (Å²) in [5.41, 5.74) is 6.40. The molecule has 0 unspecified atom stereocenters. The van der Waals surface area contributed by atoms with E-state index >= 15 is 0 Å². The Bertz CT molecular complexity index is 607. The molecule has 0 saturated carbocycles. The summed E-state index contributed by atoms with van der Waals surface area (Å²) in [6.45, 7) is 0.411. The Morgan fingerprint density at radius 2 is 2.00 bits per heavy atom. The molecule has 102 valence electrons. The van der Waals surface area contributed by atoms with Crippen LogP contribution in [0.25, 0.3) is 0 Å². The number of imidazole rings is 1. The zero-order valence-corrected chi connectivity index (χ0v) is 11.9. The predicted octanol–water partition coefficient (Wildman–Crippen LogP) is 1.43. The minimum Gasteiger partial charge on any atom is -0.340 e. The van der Waals surface area contributed by atoms with Gasteiger partial charge in [-0.05, 0) is 17.7 Å². The third kappa shape index (κ3) is 3.82. The van der Waals surface area contributed by atoms with E-state index in [9.17, 15) is 8.42 Å². The van der Waals surface area contributed by atoms with Gasteiger partial charge in [0.05, 0.1) is 10.6 Å². The van der Waals surface area contributed by atoms with Gasteiger partial charge in [0.1, 0.15) is 0 Å². The second kappa shape index (κ2) is 6.23. The Labute approximate surface area is 116 Å². The van der Waals surface area contributed by atoms with Gasteiger partial charge in [-0.15, -0.1) is 0 Å². The van der Waals surface area contributed by atoms with Crippen molar-refractivity contribution in [3.8, 4) is 0 Å². The summed E-state index contributed by atoms with van der Waals surface area (Å²) in [4.78, 5) is 7.29. The Balaban J connectivity index is 1.97. The number of hydrogen-bond donors (Lipinski definition) is 2. The Morgan fingerprint density at radius 3 is 2.58 bits per heavy atom. The van der Waals surface area contributed by atoms with E-state index in [2.05, 4.69) is 9.97 Å². The van der Waals surface area contributed by atoms with Gasteiger partial charge in [-0.25, -0.2) is 13.4 Å². The van der Waals surface area contributed by atoms with Crippen LogP contribution in [0.1, 0.15) is 5.56 Å². The number of aromatic amines is 1. The van der Waals surface area contributed by atoms with Crippen LogP contribution in [-0.4, -0.2) is 29.9 Å². The molecule has 0 amide bonds. The van der Waals surface area contributed by atoms with Crippen LogP contribution in [0.4, 0.5) is 0 Å². The van der Waals surface area contributed by atoms with Crippen LogP contribution in [0.15, 0.2) is 46.7 Å². The summed E-state index contributed by atoms with van der Waals surface area (Å²) >= 11 is 1.39. The molecule has 0 radical (unpaired) electrons. The second-order valence-electron chi connectivity index (χ2n) is 3.91. The number of sulfone groups is 1. The van der Waals surface area contributed by atoms with Crippen molar-refractivity contribution in [1.82, 2.24) is 9.97 Å². The molecule has 7 heteroatoms. The van der Waals surface area contributed by atoms with Gasteiger partial charge < -0.3 is 10.7 Å². The summed E-state index contributed by atoms with van der Waals surface area (Å²) < 4.78 is 24.2. The van der Waals surface area contributed by atoms with Crippen molar-refractivity contribution in [3.63, 3.8) is 0 Å². The van der Waals surface area contributed by atoms with Crippen LogP contribution < -0.4 is 5.73 Å². The topological polar surface area (TPSA) is 88.8 Å². The van der Waals surface area contributed by atoms with Crippen molar-refractivity contribution in [2.75, 3.05) is 11.5 Å². The van der Waals surface area contributed by atoms with Gasteiger partial charge in [0.2, 0.25) is 0 Å². The molecule has 0 bridgehead atoms. The average Bonchev–Trinajstić information content (AvgIpc) is 2.92. The summed E-state index contributed by atoms with van der Waals surface area (Å²) in [5.74, 6) is 0.550. The maximum Gasteiger partial charge on any atom is 0.179 e. The molecule has 2 aromatic rings. The summed E-state index contributed by atoms with van der Waals surface area (Å²) in [6.07, 6.45) is 3.35. The molecule has 0 saturated heterocycles. The molecule has 1 aromatic heterocycles. The Kier molecular flexibility index (Phi) is 4.62. The van der Waals surface area contributed by atoms with Gasteiger partial charge in [0.15, 0.2) is 15.0 Å². The molecule has 5 nitrogen and oxygen atoms in total.